The first kappa shape index (κ1) is 14.4. The van der Waals surface area contributed by atoms with Gasteiger partial charge < -0.3 is 9.30 Å². The second kappa shape index (κ2) is 6.45. The molecule has 0 radical (unpaired) electrons. The minimum Gasteiger partial charge on any atom is -0.492 e. The van der Waals surface area contributed by atoms with Gasteiger partial charge in [0, 0.05) is 23.4 Å². The highest BCUT2D eigenvalue weighted by atomic mass is 35.5. The third-order valence-electron chi connectivity index (χ3n) is 3.24. The smallest absolute Gasteiger partial charge is 0.147 e. The molecule has 0 spiro atoms. The minimum absolute atomic E-state index is 0.552. The van der Waals surface area contributed by atoms with Crippen LogP contribution in [0.15, 0.2) is 29.9 Å². The number of imidazole rings is 1. The second-order valence-electron chi connectivity index (χ2n) is 4.58. The molecule has 0 unspecified atom stereocenters. The van der Waals surface area contributed by atoms with Crippen molar-refractivity contribution in [3.05, 3.63) is 40.6 Å². The van der Waals surface area contributed by atoms with E-state index in [-0.39, 0.29) is 0 Å². The number of fused-ring (bicyclic) bond motifs is 1. The average molecular weight is 322 g/mol. The van der Waals surface area contributed by atoms with Crippen LogP contribution in [0.1, 0.15) is 17.6 Å². The van der Waals surface area contributed by atoms with Crippen molar-refractivity contribution >= 4 is 34.0 Å². The van der Waals surface area contributed by atoms with Gasteiger partial charge in [0.25, 0.3) is 0 Å². The number of thiazole rings is 1. The third kappa shape index (κ3) is 2.89. The zero-order valence-electron chi connectivity index (χ0n) is 11.8. The van der Waals surface area contributed by atoms with Crippen LogP contribution in [0.2, 0.25) is 0 Å². The van der Waals surface area contributed by atoms with Crippen LogP contribution in [-0.2, 0) is 13.0 Å². The van der Waals surface area contributed by atoms with Crippen molar-refractivity contribution in [3.63, 3.8) is 0 Å². The molecule has 0 aliphatic carbocycles. The highest BCUT2D eigenvalue weighted by molar-refractivity contribution is 7.09. The van der Waals surface area contributed by atoms with E-state index in [4.69, 9.17) is 21.3 Å². The van der Waals surface area contributed by atoms with E-state index < -0.39 is 0 Å². The zero-order chi connectivity index (χ0) is 14.7. The Labute approximate surface area is 132 Å². The van der Waals surface area contributed by atoms with Crippen molar-refractivity contribution in [3.8, 4) is 5.75 Å². The molecule has 0 atom stereocenters. The average Bonchev–Trinajstić information content (AvgIpc) is 3.10. The standard InChI is InChI=1S/C15H16ClN3OS/c1-2-20-13-5-3-4-12-15(13)18-14(6-7-16)19(12)9-11-8-17-10-21-11/h3-5,8,10H,2,6-7,9H2,1H3. The van der Waals surface area contributed by atoms with E-state index in [1.165, 1.54) is 4.88 Å². The number of ether oxygens (including phenoxy) is 1. The fourth-order valence-corrected chi connectivity index (χ4v) is 3.12. The molecular formula is C15H16ClN3OS. The van der Waals surface area contributed by atoms with Crippen LogP contribution in [0.25, 0.3) is 11.0 Å². The van der Waals surface area contributed by atoms with Crippen LogP contribution in [0.5, 0.6) is 5.75 Å². The first-order chi connectivity index (χ1) is 10.3. The Morgan fingerprint density at radius 2 is 2.29 bits per heavy atom. The quantitative estimate of drug-likeness (QED) is 0.650. The van der Waals surface area contributed by atoms with E-state index in [9.17, 15) is 0 Å². The highest BCUT2D eigenvalue weighted by Crippen LogP contribution is 2.27. The summed E-state index contributed by atoms with van der Waals surface area (Å²) in [7, 11) is 0. The molecule has 0 aliphatic heterocycles. The molecule has 0 saturated heterocycles. The van der Waals surface area contributed by atoms with Crippen LogP contribution in [0.3, 0.4) is 0 Å². The fourth-order valence-electron chi connectivity index (χ4n) is 2.37. The van der Waals surface area contributed by atoms with Crippen molar-refractivity contribution in [2.24, 2.45) is 0 Å². The molecule has 6 heteroatoms. The predicted molar refractivity (Wildman–Crippen MR) is 86.5 cm³/mol. The maximum absolute atomic E-state index is 5.92. The summed E-state index contributed by atoms with van der Waals surface area (Å²) < 4.78 is 7.88. The van der Waals surface area contributed by atoms with E-state index in [1.54, 1.807) is 11.3 Å². The van der Waals surface area contributed by atoms with Gasteiger partial charge in [-0.3, -0.25) is 4.98 Å². The number of hydrogen-bond acceptors (Lipinski definition) is 4. The monoisotopic (exact) mass is 321 g/mol. The highest BCUT2D eigenvalue weighted by Gasteiger charge is 2.14. The van der Waals surface area contributed by atoms with Crippen LogP contribution < -0.4 is 4.74 Å². The van der Waals surface area contributed by atoms with Gasteiger partial charge in [-0.25, -0.2) is 4.98 Å². The topological polar surface area (TPSA) is 39.9 Å². The first-order valence-electron chi connectivity index (χ1n) is 6.87. The molecule has 0 saturated carbocycles. The fraction of sp³-hybridized carbons (Fsp3) is 0.333. The number of alkyl halides is 1. The minimum atomic E-state index is 0.552. The lowest BCUT2D eigenvalue weighted by atomic mass is 10.3. The number of nitrogens with zero attached hydrogens (tertiary/aromatic N) is 3. The lowest BCUT2D eigenvalue weighted by Crippen LogP contribution is -2.04. The van der Waals surface area contributed by atoms with Crippen LogP contribution >= 0.6 is 22.9 Å². The maximum Gasteiger partial charge on any atom is 0.147 e. The molecular weight excluding hydrogens is 306 g/mol. The molecule has 1 aromatic carbocycles. The van der Waals surface area contributed by atoms with Gasteiger partial charge in [0.15, 0.2) is 0 Å². The van der Waals surface area contributed by atoms with Gasteiger partial charge in [0.2, 0.25) is 0 Å². The molecule has 0 N–H and O–H groups in total. The number of hydrogen-bond donors (Lipinski definition) is 0. The van der Waals surface area contributed by atoms with Gasteiger partial charge in [-0.1, -0.05) is 6.07 Å². The lowest BCUT2D eigenvalue weighted by molar-refractivity contribution is 0.343. The summed E-state index contributed by atoms with van der Waals surface area (Å²) in [5.41, 5.74) is 3.83. The molecule has 0 amide bonds. The van der Waals surface area contributed by atoms with Crippen molar-refractivity contribution in [2.75, 3.05) is 12.5 Å². The molecule has 21 heavy (non-hydrogen) atoms. The Balaban J connectivity index is 2.10. The van der Waals surface area contributed by atoms with Gasteiger partial charge >= 0.3 is 0 Å². The summed E-state index contributed by atoms with van der Waals surface area (Å²) in [5, 5.41) is 0. The van der Waals surface area contributed by atoms with Crippen molar-refractivity contribution in [1.29, 1.82) is 0 Å². The van der Waals surface area contributed by atoms with Gasteiger partial charge in [-0.15, -0.1) is 22.9 Å². The molecule has 2 aromatic heterocycles. The molecule has 4 nitrogen and oxygen atoms in total. The second-order valence-corrected chi connectivity index (χ2v) is 5.93. The van der Waals surface area contributed by atoms with Gasteiger partial charge in [-0.2, -0.15) is 0 Å². The normalized spacial score (nSPS) is 11.1. The third-order valence-corrected chi connectivity index (χ3v) is 4.19. The summed E-state index contributed by atoms with van der Waals surface area (Å²) in [6.07, 6.45) is 2.63. The summed E-state index contributed by atoms with van der Waals surface area (Å²) in [5.74, 6) is 2.37. The number of halogens is 1. The van der Waals surface area contributed by atoms with Crippen LogP contribution in [0.4, 0.5) is 0 Å². The molecule has 3 aromatic rings. The summed E-state index contributed by atoms with van der Waals surface area (Å²) in [6, 6.07) is 6.03. The molecule has 3 rings (SSSR count). The van der Waals surface area contributed by atoms with E-state index in [0.29, 0.717) is 12.5 Å². The van der Waals surface area contributed by atoms with Crippen LogP contribution in [-0.4, -0.2) is 27.0 Å². The molecule has 0 fully saturated rings. The molecule has 0 aliphatic rings. The Hall–Kier alpha value is -1.59. The number of aryl methyl sites for hydroxylation is 1. The number of aromatic nitrogens is 3. The Morgan fingerprint density at radius 3 is 3.00 bits per heavy atom. The number of para-hydroxylation sites is 1. The van der Waals surface area contributed by atoms with E-state index in [0.717, 1.165) is 35.6 Å². The zero-order valence-corrected chi connectivity index (χ0v) is 13.3. The Bertz CT molecular complexity index is 724. The summed E-state index contributed by atoms with van der Waals surface area (Å²) in [4.78, 5) is 10.1. The molecule has 0 bridgehead atoms. The van der Waals surface area contributed by atoms with E-state index in [2.05, 4.69) is 15.6 Å². The lowest BCUT2D eigenvalue weighted by Gasteiger charge is -2.07. The predicted octanol–water partition coefficient (Wildman–Crippen LogP) is 3.72. The first-order valence-corrected chi connectivity index (χ1v) is 8.29. The van der Waals surface area contributed by atoms with E-state index in [1.807, 2.05) is 30.8 Å². The van der Waals surface area contributed by atoms with Gasteiger partial charge in [0.1, 0.15) is 17.1 Å². The van der Waals surface area contributed by atoms with Gasteiger partial charge in [0.05, 0.1) is 24.2 Å². The Morgan fingerprint density at radius 1 is 1.38 bits per heavy atom. The summed E-state index contributed by atoms with van der Waals surface area (Å²) in [6.45, 7) is 3.38. The van der Waals surface area contributed by atoms with Crippen molar-refractivity contribution < 1.29 is 4.74 Å². The summed E-state index contributed by atoms with van der Waals surface area (Å²) >= 11 is 7.57. The van der Waals surface area contributed by atoms with Crippen molar-refractivity contribution in [2.45, 2.75) is 19.9 Å². The van der Waals surface area contributed by atoms with E-state index >= 15 is 0 Å². The van der Waals surface area contributed by atoms with Crippen LogP contribution in [0, 0.1) is 0 Å². The Kier molecular flexibility index (Phi) is 4.41. The largest absolute Gasteiger partial charge is 0.492 e. The number of rotatable bonds is 6. The van der Waals surface area contributed by atoms with Gasteiger partial charge in [-0.05, 0) is 19.1 Å². The van der Waals surface area contributed by atoms with Crippen molar-refractivity contribution in [1.82, 2.24) is 14.5 Å². The molecule has 110 valence electrons. The number of benzene rings is 1. The molecule has 2 heterocycles. The maximum atomic E-state index is 5.92. The SMILES string of the molecule is CCOc1cccc2c1nc(CCCl)n2Cc1cncs1.